The van der Waals surface area contributed by atoms with Crippen molar-refractivity contribution in [3.63, 3.8) is 0 Å². The van der Waals surface area contributed by atoms with E-state index in [0.29, 0.717) is 25.1 Å². The van der Waals surface area contributed by atoms with Crippen molar-refractivity contribution in [2.75, 3.05) is 5.88 Å². The van der Waals surface area contributed by atoms with Gasteiger partial charge in [-0.2, -0.15) is 0 Å². The van der Waals surface area contributed by atoms with Gasteiger partial charge in [0.15, 0.2) is 6.10 Å². The third-order valence-corrected chi connectivity index (χ3v) is 5.51. The van der Waals surface area contributed by atoms with E-state index >= 15 is 0 Å². The van der Waals surface area contributed by atoms with Gasteiger partial charge in [-0.05, 0) is 43.9 Å². The summed E-state index contributed by atoms with van der Waals surface area (Å²) in [5.41, 5.74) is 0. The number of hydrogen-bond acceptors (Lipinski definition) is 3. The van der Waals surface area contributed by atoms with E-state index in [2.05, 4.69) is 19.1 Å². The highest BCUT2D eigenvalue weighted by molar-refractivity contribution is 6.18. The SMILES string of the molecule is CCCCCC/C=C/[C@H]1[C@H](CCl)CC(=O)[C@@H]1C/C=C\CCC(O)C(=O)O. The Kier molecular flexibility index (Phi) is 11.5. The third kappa shape index (κ3) is 8.05. The number of unbranched alkanes of at least 4 members (excludes halogenated alkanes) is 4. The van der Waals surface area contributed by atoms with Gasteiger partial charge < -0.3 is 10.2 Å². The van der Waals surface area contributed by atoms with E-state index in [0.717, 1.165) is 6.42 Å². The molecule has 0 aromatic heterocycles. The minimum absolute atomic E-state index is 0.0358. The van der Waals surface area contributed by atoms with Gasteiger partial charge in [-0.15, -0.1) is 11.6 Å². The molecule has 0 aromatic rings. The second-order valence-electron chi connectivity index (χ2n) is 7.18. The summed E-state index contributed by atoms with van der Waals surface area (Å²) in [6, 6.07) is 0. The van der Waals surface area contributed by atoms with Crippen LogP contribution < -0.4 is 0 Å². The maximum absolute atomic E-state index is 12.3. The largest absolute Gasteiger partial charge is 0.479 e. The molecule has 0 amide bonds. The Morgan fingerprint density at radius 2 is 2.00 bits per heavy atom. The highest BCUT2D eigenvalue weighted by Gasteiger charge is 2.39. The first-order chi connectivity index (χ1) is 12.5. The van der Waals surface area contributed by atoms with Crippen molar-refractivity contribution in [3.8, 4) is 0 Å². The van der Waals surface area contributed by atoms with Crippen LogP contribution in [-0.2, 0) is 9.59 Å². The van der Waals surface area contributed by atoms with Gasteiger partial charge in [-0.3, -0.25) is 4.79 Å². The molecule has 0 heterocycles. The molecule has 0 bridgehead atoms. The number of carbonyl (C=O) groups excluding carboxylic acids is 1. The first-order valence-corrected chi connectivity index (χ1v) is 10.4. The second-order valence-corrected chi connectivity index (χ2v) is 7.49. The summed E-state index contributed by atoms with van der Waals surface area (Å²) in [5, 5.41) is 17.9. The highest BCUT2D eigenvalue weighted by atomic mass is 35.5. The summed E-state index contributed by atoms with van der Waals surface area (Å²) in [4.78, 5) is 22.9. The molecular weight excluding hydrogens is 352 g/mol. The number of rotatable bonds is 13. The van der Waals surface area contributed by atoms with E-state index in [9.17, 15) is 14.7 Å². The maximum Gasteiger partial charge on any atom is 0.332 e. The third-order valence-electron chi connectivity index (χ3n) is 5.12. The molecule has 1 rings (SSSR count). The van der Waals surface area contributed by atoms with Crippen LogP contribution in [0.15, 0.2) is 24.3 Å². The Hall–Kier alpha value is -1.13. The minimum atomic E-state index is -1.32. The zero-order valence-electron chi connectivity index (χ0n) is 15.8. The molecule has 2 N–H and O–H groups in total. The molecule has 26 heavy (non-hydrogen) atoms. The summed E-state index contributed by atoms with van der Waals surface area (Å²) in [7, 11) is 0. The number of allylic oxidation sites excluding steroid dienone is 4. The first-order valence-electron chi connectivity index (χ1n) is 9.82. The Balaban J connectivity index is 2.50. The number of carbonyl (C=O) groups is 2. The monoisotopic (exact) mass is 384 g/mol. The van der Waals surface area contributed by atoms with Gasteiger partial charge >= 0.3 is 5.97 Å². The summed E-state index contributed by atoms with van der Waals surface area (Å²) in [6.45, 7) is 2.20. The van der Waals surface area contributed by atoms with E-state index < -0.39 is 12.1 Å². The van der Waals surface area contributed by atoms with Crippen molar-refractivity contribution in [1.82, 2.24) is 0 Å². The smallest absolute Gasteiger partial charge is 0.332 e. The van der Waals surface area contributed by atoms with Gasteiger partial charge in [0.25, 0.3) is 0 Å². The molecule has 148 valence electrons. The number of hydrogen-bond donors (Lipinski definition) is 2. The molecule has 4 nitrogen and oxygen atoms in total. The lowest BCUT2D eigenvalue weighted by Gasteiger charge is -2.18. The van der Waals surface area contributed by atoms with Gasteiger partial charge in [-0.25, -0.2) is 4.79 Å². The summed E-state index contributed by atoms with van der Waals surface area (Å²) >= 11 is 6.08. The predicted molar refractivity (Wildman–Crippen MR) is 105 cm³/mol. The lowest BCUT2D eigenvalue weighted by Crippen LogP contribution is -2.18. The number of aliphatic hydroxyl groups is 1. The predicted octanol–water partition coefficient (Wildman–Crippen LogP) is 4.75. The van der Waals surface area contributed by atoms with Crippen LogP contribution in [-0.4, -0.2) is 33.9 Å². The Labute approximate surface area is 162 Å². The van der Waals surface area contributed by atoms with Crippen LogP contribution in [0.5, 0.6) is 0 Å². The molecule has 0 spiro atoms. The van der Waals surface area contributed by atoms with Crippen LogP contribution in [0.2, 0.25) is 0 Å². The first kappa shape index (κ1) is 22.9. The van der Waals surface area contributed by atoms with Gasteiger partial charge in [0.05, 0.1) is 0 Å². The molecule has 0 aliphatic heterocycles. The van der Waals surface area contributed by atoms with Crippen LogP contribution in [0, 0.1) is 17.8 Å². The number of Topliss-reactive ketones (excluding diaryl/α,β-unsaturated/α-hetero) is 1. The van der Waals surface area contributed by atoms with Crippen molar-refractivity contribution >= 4 is 23.4 Å². The Morgan fingerprint density at radius 1 is 1.23 bits per heavy atom. The number of carboxylic acids is 1. The molecule has 5 heteroatoms. The number of alkyl halides is 1. The average Bonchev–Trinajstić information content (AvgIpc) is 2.92. The molecule has 1 saturated carbocycles. The van der Waals surface area contributed by atoms with Crippen molar-refractivity contribution in [2.45, 2.75) is 70.8 Å². The summed E-state index contributed by atoms with van der Waals surface area (Å²) < 4.78 is 0. The van der Waals surface area contributed by atoms with E-state index in [1.807, 2.05) is 12.2 Å². The quantitative estimate of drug-likeness (QED) is 0.273. The van der Waals surface area contributed by atoms with Crippen LogP contribution in [0.25, 0.3) is 0 Å². The number of aliphatic carboxylic acids is 1. The van der Waals surface area contributed by atoms with E-state index in [1.165, 1.54) is 25.7 Å². The van der Waals surface area contributed by atoms with Crippen molar-refractivity contribution in [1.29, 1.82) is 0 Å². The molecule has 0 radical (unpaired) electrons. The highest BCUT2D eigenvalue weighted by Crippen LogP contribution is 2.38. The standard InChI is InChI=1S/C21H33ClO4/c1-2-3-4-5-6-8-11-17-16(15-22)14-20(24)18(17)12-9-7-10-13-19(23)21(25)26/h7-9,11,16-19,23H,2-6,10,12-15H2,1H3,(H,25,26)/b9-7-,11-8+/t16-,17-,18+,19?/m0/s1. The van der Waals surface area contributed by atoms with Gasteiger partial charge in [-0.1, -0.05) is 50.5 Å². The normalized spacial score (nSPS) is 24.7. The van der Waals surface area contributed by atoms with Gasteiger partial charge in [0.1, 0.15) is 5.78 Å². The number of aliphatic hydroxyl groups excluding tert-OH is 1. The number of halogens is 1. The molecule has 0 saturated heterocycles. The van der Waals surface area contributed by atoms with Crippen LogP contribution in [0.1, 0.15) is 64.7 Å². The van der Waals surface area contributed by atoms with E-state index in [1.54, 1.807) is 0 Å². The fourth-order valence-electron chi connectivity index (χ4n) is 3.51. The van der Waals surface area contributed by atoms with E-state index in [4.69, 9.17) is 16.7 Å². The maximum atomic E-state index is 12.3. The van der Waals surface area contributed by atoms with Crippen LogP contribution in [0.3, 0.4) is 0 Å². The van der Waals surface area contributed by atoms with Crippen molar-refractivity contribution in [3.05, 3.63) is 24.3 Å². The molecular formula is C21H33ClO4. The molecule has 1 unspecified atom stereocenters. The lowest BCUT2D eigenvalue weighted by atomic mass is 9.87. The fraction of sp³-hybridized carbons (Fsp3) is 0.714. The van der Waals surface area contributed by atoms with Crippen LogP contribution >= 0.6 is 11.6 Å². The zero-order valence-corrected chi connectivity index (χ0v) is 16.5. The van der Waals surface area contributed by atoms with Crippen molar-refractivity contribution < 1.29 is 19.8 Å². The average molecular weight is 385 g/mol. The van der Waals surface area contributed by atoms with Crippen molar-refractivity contribution in [2.24, 2.45) is 17.8 Å². The number of carboxylic acid groups (broad SMARTS) is 1. The Bertz CT molecular complexity index is 486. The lowest BCUT2D eigenvalue weighted by molar-refractivity contribution is -0.146. The molecule has 1 fully saturated rings. The Morgan fingerprint density at radius 3 is 2.65 bits per heavy atom. The minimum Gasteiger partial charge on any atom is -0.479 e. The topological polar surface area (TPSA) is 74.6 Å². The molecule has 0 aromatic carbocycles. The second kappa shape index (κ2) is 13.1. The molecule has 4 atom stereocenters. The number of ketones is 1. The molecule has 1 aliphatic carbocycles. The van der Waals surface area contributed by atoms with Gasteiger partial charge in [0.2, 0.25) is 0 Å². The summed E-state index contributed by atoms with van der Waals surface area (Å²) in [5.74, 6) is -0.0540. The van der Waals surface area contributed by atoms with Gasteiger partial charge in [0, 0.05) is 18.2 Å². The zero-order chi connectivity index (χ0) is 19.4. The van der Waals surface area contributed by atoms with E-state index in [-0.39, 0.29) is 30.0 Å². The summed E-state index contributed by atoms with van der Waals surface area (Å²) in [6.07, 6.45) is 14.7. The molecule has 1 aliphatic rings. The van der Waals surface area contributed by atoms with Crippen LogP contribution in [0.4, 0.5) is 0 Å². The fourth-order valence-corrected chi connectivity index (χ4v) is 3.82.